The number of ether oxygens (including phenoxy) is 4. The van der Waals surface area contributed by atoms with Crippen LogP contribution in [0.5, 0.6) is 0 Å². The number of allylic oxidation sites excluding steroid dienone is 16. The Labute approximate surface area is 398 Å². The predicted octanol–water partition coefficient (Wildman–Crippen LogP) is 11.0. The van der Waals surface area contributed by atoms with Gasteiger partial charge in [-0.15, -0.1) is 0 Å². The summed E-state index contributed by atoms with van der Waals surface area (Å²) in [5.41, 5.74) is 0. The van der Waals surface area contributed by atoms with Crippen molar-refractivity contribution in [3.05, 3.63) is 97.2 Å². The summed E-state index contributed by atoms with van der Waals surface area (Å²) in [4.78, 5) is 25.5. The van der Waals surface area contributed by atoms with E-state index in [-0.39, 0.29) is 19.4 Å². The number of carbonyl (C=O) groups is 2. The Bertz CT molecular complexity index is 1580. The maximum absolute atomic E-state index is 12.9. The summed E-state index contributed by atoms with van der Waals surface area (Å²) in [5.74, 6) is -2.11. The van der Waals surface area contributed by atoms with Crippen molar-refractivity contribution in [2.75, 3.05) is 19.0 Å². The highest BCUT2D eigenvalue weighted by atomic mass is 32.2. The smallest absolute Gasteiger partial charge is 0.306 e. The summed E-state index contributed by atoms with van der Waals surface area (Å²) in [6, 6.07) is 0. The van der Waals surface area contributed by atoms with Crippen molar-refractivity contribution in [1.82, 2.24) is 0 Å². The average molecular weight is 947 g/mol. The first-order valence-corrected chi connectivity index (χ1v) is 26.4. The van der Waals surface area contributed by atoms with E-state index < -0.39 is 71.2 Å². The third-order valence-electron chi connectivity index (χ3n) is 10.7. The van der Waals surface area contributed by atoms with Gasteiger partial charge in [0.15, 0.2) is 12.4 Å². The van der Waals surface area contributed by atoms with E-state index in [1.54, 1.807) is 0 Å². The largest absolute Gasteiger partial charge is 0.462 e. The summed E-state index contributed by atoms with van der Waals surface area (Å²) in [6.45, 7) is 3.55. The Hall–Kier alpha value is -3.43. The van der Waals surface area contributed by atoms with Crippen LogP contribution in [-0.2, 0) is 38.7 Å². The van der Waals surface area contributed by atoms with Gasteiger partial charge < -0.3 is 34.3 Å². The average Bonchev–Trinajstić information content (AvgIpc) is 3.28. The van der Waals surface area contributed by atoms with E-state index in [9.17, 15) is 37.9 Å². The topological polar surface area (TPSA) is 186 Å². The third kappa shape index (κ3) is 35.7. The first-order chi connectivity index (χ1) is 32.0. The van der Waals surface area contributed by atoms with Gasteiger partial charge in [0.1, 0.15) is 36.8 Å². The summed E-state index contributed by atoms with van der Waals surface area (Å²) in [7, 11) is -4.62. The van der Waals surface area contributed by atoms with E-state index in [1.807, 2.05) is 12.2 Å². The van der Waals surface area contributed by atoms with Crippen LogP contribution in [0.1, 0.15) is 168 Å². The van der Waals surface area contributed by atoms with E-state index in [4.69, 9.17) is 18.9 Å². The molecule has 12 nitrogen and oxygen atoms in total. The summed E-state index contributed by atoms with van der Waals surface area (Å²) in [6.07, 6.45) is 47.4. The highest BCUT2D eigenvalue weighted by molar-refractivity contribution is 7.85. The van der Waals surface area contributed by atoms with Crippen LogP contribution in [0.15, 0.2) is 97.2 Å². The molecular weight excluding hydrogens is 861 g/mol. The molecule has 1 fully saturated rings. The molecule has 0 aromatic carbocycles. The summed E-state index contributed by atoms with van der Waals surface area (Å²) < 4.78 is 54.1. The number of esters is 2. The molecule has 1 heterocycles. The molecule has 0 aromatic rings. The van der Waals surface area contributed by atoms with Crippen LogP contribution >= 0.6 is 0 Å². The van der Waals surface area contributed by atoms with Crippen LogP contribution in [-0.4, -0.2) is 96.0 Å². The maximum atomic E-state index is 12.9. The first kappa shape index (κ1) is 60.6. The number of hydrogen-bond acceptors (Lipinski definition) is 11. The highest BCUT2D eigenvalue weighted by Crippen LogP contribution is 2.24. The van der Waals surface area contributed by atoms with E-state index in [0.717, 1.165) is 77.0 Å². The van der Waals surface area contributed by atoms with Crippen LogP contribution in [0.2, 0.25) is 0 Å². The Morgan fingerprint density at radius 1 is 0.530 bits per heavy atom. The minimum atomic E-state index is -4.62. The Morgan fingerprint density at radius 2 is 0.985 bits per heavy atom. The molecule has 1 rings (SSSR count). The highest BCUT2D eigenvalue weighted by Gasteiger charge is 2.46. The molecule has 66 heavy (non-hydrogen) atoms. The molecule has 376 valence electrons. The fraction of sp³-hybridized carbons (Fsp3) is 0.660. The van der Waals surface area contributed by atoms with Gasteiger partial charge in [0.05, 0.1) is 6.61 Å². The van der Waals surface area contributed by atoms with E-state index >= 15 is 0 Å². The Balaban J connectivity index is 2.46. The Morgan fingerprint density at radius 3 is 1.48 bits per heavy atom. The van der Waals surface area contributed by atoms with Gasteiger partial charge in [-0.05, 0) is 83.5 Å². The van der Waals surface area contributed by atoms with Crippen molar-refractivity contribution < 1.29 is 56.8 Å². The standard InChI is InChI=1S/C53H86O12S/c1-3-5-7-9-11-13-15-17-19-21-23-25-27-29-31-33-35-37-39-41-48(54)62-43-46(44-63-53-52(58)51(57)50(56)47(65-53)45-66(59,60)61)64-49(55)42-40-38-36-34-32-30-28-26-24-22-20-18-16-14-12-10-8-6-4-2/h5,7,11-14,17-20,23,25,29,31,35,37,46-47,50-53,56-58H,3-4,6,8-10,15-16,21-22,24,26-28,30,32-34,36,38-45H2,1-2H3,(H,59,60,61)/b7-5+,13-11+,14-12+,19-17+,20-18+,25-23+,31-29+,37-35+/t46-,47-,50-,51?,52?,53+/m1/s1. The van der Waals surface area contributed by atoms with Gasteiger partial charge in [0.2, 0.25) is 0 Å². The first-order valence-electron chi connectivity index (χ1n) is 24.8. The van der Waals surface area contributed by atoms with Gasteiger partial charge in [-0.1, -0.05) is 169 Å². The van der Waals surface area contributed by atoms with Crippen LogP contribution in [0.25, 0.3) is 0 Å². The lowest BCUT2D eigenvalue weighted by molar-refractivity contribution is -0.297. The maximum Gasteiger partial charge on any atom is 0.306 e. The second-order valence-corrected chi connectivity index (χ2v) is 18.2. The van der Waals surface area contributed by atoms with Gasteiger partial charge in [0, 0.05) is 12.8 Å². The molecule has 1 aliphatic rings. The van der Waals surface area contributed by atoms with Gasteiger partial charge >= 0.3 is 11.9 Å². The number of unbranched alkanes of at least 4 members (excludes halogenated alkanes) is 12. The van der Waals surface area contributed by atoms with Crippen molar-refractivity contribution >= 4 is 22.1 Å². The normalized spacial score (nSPS) is 20.2. The SMILES string of the molecule is CC/C=C/C/C=C/C/C=C/C/C=C/C/C=C/C/C=C/CCC(=O)OC[C@H](CO[C@H]1O[C@H](CS(=O)(=O)O)[C@@H](O)C(O)C1O)OC(=O)CCCCCCCCCCC/C=C/C/C=C/CCCCC. The monoisotopic (exact) mass is 947 g/mol. The lowest BCUT2D eigenvalue weighted by atomic mass is 10.00. The van der Waals surface area contributed by atoms with Gasteiger partial charge in [-0.3, -0.25) is 14.1 Å². The van der Waals surface area contributed by atoms with Crippen LogP contribution in [0, 0.1) is 0 Å². The van der Waals surface area contributed by atoms with Gasteiger partial charge in [-0.25, -0.2) is 0 Å². The second kappa shape index (κ2) is 41.7. The molecule has 0 aliphatic carbocycles. The molecule has 6 atom stereocenters. The van der Waals surface area contributed by atoms with Crippen molar-refractivity contribution in [3.63, 3.8) is 0 Å². The fourth-order valence-electron chi connectivity index (χ4n) is 6.85. The second-order valence-electron chi connectivity index (χ2n) is 16.7. The Kier molecular flexibility index (Phi) is 38.3. The molecule has 0 amide bonds. The van der Waals surface area contributed by atoms with Crippen LogP contribution in [0.4, 0.5) is 0 Å². The zero-order valence-electron chi connectivity index (χ0n) is 40.3. The zero-order valence-corrected chi connectivity index (χ0v) is 41.1. The number of carbonyl (C=O) groups excluding carboxylic acids is 2. The molecule has 0 aromatic heterocycles. The lowest BCUT2D eigenvalue weighted by Crippen LogP contribution is -2.60. The number of aliphatic hydroxyl groups is 3. The molecule has 0 saturated carbocycles. The van der Waals surface area contributed by atoms with Crippen molar-refractivity contribution in [3.8, 4) is 0 Å². The van der Waals surface area contributed by atoms with E-state index in [0.29, 0.717) is 12.8 Å². The molecule has 1 saturated heterocycles. The molecule has 0 radical (unpaired) electrons. The van der Waals surface area contributed by atoms with Crippen molar-refractivity contribution in [2.45, 2.75) is 205 Å². The van der Waals surface area contributed by atoms with Gasteiger partial charge in [-0.2, -0.15) is 8.42 Å². The fourth-order valence-corrected chi connectivity index (χ4v) is 7.54. The van der Waals surface area contributed by atoms with Crippen LogP contribution < -0.4 is 0 Å². The molecular formula is C53H86O12S. The predicted molar refractivity (Wildman–Crippen MR) is 265 cm³/mol. The molecule has 2 unspecified atom stereocenters. The van der Waals surface area contributed by atoms with Crippen molar-refractivity contribution in [1.29, 1.82) is 0 Å². The number of hydrogen-bond donors (Lipinski definition) is 4. The van der Waals surface area contributed by atoms with Gasteiger partial charge in [0.25, 0.3) is 10.1 Å². The summed E-state index contributed by atoms with van der Waals surface area (Å²) in [5, 5.41) is 31.0. The molecule has 4 N–H and O–H groups in total. The molecule has 0 bridgehead atoms. The summed E-state index contributed by atoms with van der Waals surface area (Å²) >= 11 is 0. The van der Waals surface area contributed by atoms with Crippen molar-refractivity contribution in [2.24, 2.45) is 0 Å². The molecule has 0 spiro atoms. The molecule has 13 heteroatoms. The minimum Gasteiger partial charge on any atom is -0.462 e. The zero-order chi connectivity index (χ0) is 48.4. The lowest BCUT2D eigenvalue weighted by Gasteiger charge is -2.40. The van der Waals surface area contributed by atoms with E-state index in [1.165, 1.54) is 51.4 Å². The quantitative estimate of drug-likeness (QED) is 0.0197. The van der Waals surface area contributed by atoms with E-state index in [2.05, 4.69) is 98.9 Å². The third-order valence-corrected chi connectivity index (χ3v) is 11.4. The number of rotatable bonds is 40. The molecule has 1 aliphatic heterocycles. The van der Waals surface area contributed by atoms with Crippen LogP contribution in [0.3, 0.4) is 0 Å². The number of aliphatic hydroxyl groups excluding tert-OH is 3. The minimum absolute atomic E-state index is 0.0875.